The standard InChI is InChI=1S/C21H33N3O/c1-2-24(20(25)21(22)12-7-4-8-13-21)17-19-11-14-23(16-19)15-18-9-5-3-6-10-18/h3,5-6,9-10,19H,2,4,7-8,11-17,22H2,1H3. The van der Waals surface area contributed by atoms with Gasteiger partial charge in [0.15, 0.2) is 0 Å². The van der Waals surface area contributed by atoms with Gasteiger partial charge in [0.2, 0.25) is 5.91 Å². The number of carbonyl (C=O) groups is 1. The van der Waals surface area contributed by atoms with Crippen LogP contribution in [-0.4, -0.2) is 47.4 Å². The highest BCUT2D eigenvalue weighted by Crippen LogP contribution is 2.29. The predicted octanol–water partition coefficient (Wildman–Crippen LogP) is 3.02. The third-order valence-electron chi connectivity index (χ3n) is 5.94. The number of hydrogen-bond acceptors (Lipinski definition) is 3. The second-order valence-electron chi connectivity index (χ2n) is 7.94. The Bertz CT molecular complexity index is 554. The van der Waals surface area contributed by atoms with E-state index in [1.54, 1.807) is 0 Å². The molecule has 3 rings (SSSR count). The molecule has 1 heterocycles. The topological polar surface area (TPSA) is 49.6 Å². The molecule has 1 saturated heterocycles. The molecule has 0 radical (unpaired) electrons. The van der Waals surface area contributed by atoms with Crippen molar-refractivity contribution in [1.29, 1.82) is 0 Å². The molecule has 0 aromatic heterocycles. The minimum atomic E-state index is -0.601. The minimum Gasteiger partial charge on any atom is -0.341 e. The summed E-state index contributed by atoms with van der Waals surface area (Å²) in [4.78, 5) is 17.5. The number of likely N-dealkylation sites (N-methyl/N-ethyl adjacent to an activating group) is 1. The zero-order chi connectivity index (χ0) is 17.7. The molecule has 0 bridgehead atoms. The molecule has 2 fully saturated rings. The van der Waals surface area contributed by atoms with Crippen LogP contribution < -0.4 is 5.73 Å². The van der Waals surface area contributed by atoms with Gasteiger partial charge in [0.1, 0.15) is 0 Å². The van der Waals surface area contributed by atoms with Crippen LogP contribution in [0.5, 0.6) is 0 Å². The lowest BCUT2D eigenvalue weighted by Crippen LogP contribution is -2.57. The number of benzene rings is 1. The quantitative estimate of drug-likeness (QED) is 0.864. The number of hydrogen-bond donors (Lipinski definition) is 1. The molecule has 1 aromatic carbocycles. The van der Waals surface area contributed by atoms with Crippen LogP contribution in [0.2, 0.25) is 0 Å². The van der Waals surface area contributed by atoms with E-state index < -0.39 is 5.54 Å². The van der Waals surface area contributed by atoms with Crippen LogP contribution in [0.1, 0.15) is 51.0 Å². The van der Waals surface area contributed by atoms with Gasteiger partial charge in [-0.3, -0.25) is 9.69 Å². The van der Waals surface area contributed by atoms with Crippen LogP contribution in [0, 0.1) is 5.92 Å². The van der Waals surface area contributed by atoms with Gasteiger partial charge in [-0.2, -0.15) is 0 Å². The molecular formula is C21H33N3O. The van der Waals surface area contributed by atoms with Crippen LogP contribution in [0.3, 0.4) is 0 Å². The molecule has 4 nitrogen and oxygen atoms in total. The van der Waals surface area contributed by atoms with Crippen LogP contribution in [0.4, 0.5) is 0 Å². The smallest absolute Gasteiger partial charge is 0.242 e. The normalized spacial score (nSPS) is 23.5. The predicted molar refractivity (Wildman–Crippen MR) is 102 cm³/mol. The fraction of sp³-hybridized carbons (Fsp3) is 0.667. The summed E-state index contributed by atoms with van der Waals surface area (Å²) >= 11 is 0. The zero-order valence-corrected chi connectivity index (χ0v) is 15.6. The van der Waals surface area contributed by atoms with Crippen molar-refractivity contribution in [2.75, 3.05) is 26.2 Å². The number of amides is 1. The lowest BCUT2D eigenvalue weighted by molar-refractivity contribution is -0.138. The maximum absolute atomic E-state index is 13.0. The Labute approximate surface area is 152 Å². The molecule has 2 aliphatic rings. The highest BCUT2D eigenvalue weighted by molar-refractivity contribution is 5.86. The SMILES string of the molecule is CCN(CC1CCN(Cc2ccccc2)C1)C(=O)C1(N)CCCCC1. The molecule has 1 aliphatic heterocycles. The van der Waals surface area contributed by atoms with Gasteiger partial charge in [-0.1, -0.05) is 49.6 Å². The molecule has 1 amide bonds. The van der Waals surface area contributed by atoms with Crippen molar-refractivity contribution >= 4 is 5.91 Å². The summed E-state index contributed by atoms with van der Waals surface area (Å²) in [6.45, 7) is 6.93. The third kappa shape index (κ3) is 4.62. The van der Waals surface area contributed by atoms with E-state index >= 15 is 0 Å². The van der Waals surface area contributed by atoms with E-state index in [4.69, 9.17) is 5.73 Å². The number of likely N-dealkylation sites (tertiary alicyclic amines) is 1. The van der Waals surface area contributed by atoms with E-state index in [0.29, 0.717) is 5.92 Å². The van der Waals surface area contributed by atoms with Crippen molar-refractivity contribution in [2.24, 2.45) is 11.7 Å². The van der Waals surface area contributed by atoms with E-state index in [1.165, 1.54) is 18.4 Å². The Morgan fingerprint density at radius 3 is 2.64 bits per heavy atom. The largest absolute Gasteiger partial charge is 0.341 e. The lowest BCUT2D eigenvalue weighted by atomic mass is 9.81. The van der Waals surface area contributed by atoms with Gasteiger partial charge in [0.25, 0.3) is 0 Å². The van der Waals surface area contributed by atoms with Crippen molar-refractivity contribution in [3.63, 3.8) is 0 Å². The highest BCUT2D eigenvalue weighted by Gasteiger charge is 2.38. The Hall–Kier alpha value is -1.39. The van der Waals surface area contributed by atoms with Gasteiger partial charge in [0, 0.05) is 26.2 Å². The molecule has 2 N–H and O–H groups in total. The minimum absolute atomic E-state index is 0.191. The zero-order valence-electron chi connectivity index (χ0n) is 15.6. The Balaban J connectivity index is 1.53. The van der Waals surface area contributed by atoms with Crippen molar-refractivity contribution < 1.29 is 4.79 Å². The number of nitrogens with two attached hydrogens (primary N) is 1. The second kappa shape index (κ2) is 8.33. The summed E-state index contributed by atoms with van der Waals surface area (Å²) in [6, 6.07) is 10.7. The van der Waals surface area contributed by atoms with E-state index in [1.807, 2.05) is 4.90 Å². The number of rotatable bonds is 6. The lowest BCUT2D eigenvalue weighted by Gasteiger charge is -2.37. The van der Waals surface area contributed by atoms with Crippen molar-refractivity contribution in [1.82, 2.24) is 9.80 Å². The molecule has 1 aliphatic carbocycles. The first-order chi connectivity index (χ1) is 12.1. The van der Waals surface area contributed by atoms with E-state index in [0.717, 1.165) is 58.4 Å². The second-order valence-corrected chi connectivity index (χ2v) is 7.94. The summed E-state index contributed by atoms with van der Waals surface area (Å²) < 4.78 is 0. The van der Waals surface area contributed by atoms with Gasteiger partial charge >= 0.3 is 0 Å². The third-order valence-corrected chi connectivity index (χ3v) is 5.94. The van der Waals surface area contributed by atoms with E-state index in [9.17, 15) is 4.79 Å². The number of nitrogens with zero attached hydrogens (tertiary/aromatic N) is 2. The van der Waals surface area contributed by atoms with Gasteiger partial charge in [-0.25, -0.2) is 0 Å². The summed E-state index contributed by atoms with van der Waals surface area (Å²) in [7, 11) is 0. The van der Waals surface area contributed by atoms with Crippen molar-refractivity contribution in [3.05, 3.63) is 35.9 Å². The monoisotopic (exact) mass is 343 g/mol. The van der Waals surface area contributed by atoms with Crippen LogP contribution in [0.15, 0.2) is 30.3 Å². The Morgan fingerprint density at radius 2 is 1.96 bits per heavy atom. The fourth-order valence-corrected chi connectivity index (χ4v) is 4.43. The molecule has 138 valence electrons. The molecule has 1 saturated carbocycles. The average Bonchev–Trinajstić information content (AvgIpc) is 3.07. The first-order valence-corrected chi connectivity index (χ1v) is 9.95. The highest BCUT2D eigenvalue weighted by atomic mass is 16.2. The fourth-order valence-electron chi connectivity index (χ4n) is 4.43. The molecule has 1 aromatic rings. The van der Waals surface area contributed by atoms with Crippen LogP contribution in [0.25, 0.3) is 0 Å². The van der Waals surface area contributed by atoms with Crippen molar-refractivity contribution in [3.8, 4) is 0 Å². The molecular weight excluding hydrogens is 310 g/mol. The summed E-state index contributed by atoms with van der Waals surface area (Å²) in [5.41, 5.74) is 7.25. The van der Waals surface area contributed by atoms with Gasteiger partial charge < -0.3 is 10.6 Å². The van der Waals surface area contributed by atoms with Gasteiger partial charge in [-0.15, -0.1) is 0 Å². The van der Waals surface area contributed by atoms with Crippen LogP contribution >= 0.6 is 0 Å². The molecule has 25 heavy (non-hydrogen) atoms. The summed E-state index contributed by atoms with van der Waals surface area (Å²) in [5.74, 6) is 0.760. The van der Waals surface area contributed by atoms with Gasteiger partial charge in [0.05, 0.1) is 5.54 Å². The van der Waals surface area contributed by atoms with Crippen LogP contribution in [-0.2, 0) is 11.3 Å². The van der Waals surface area contributed by atoms with E-state index in [-0.39, 0.29) is 5.91 Å². The summed E-state index contributed by atoms with van der Waals surface area (Å²) in [5, 5.41) is 0. The molecule has 0 spiro atoms. The van der Waals surface area contributed by atoms with E-state index in [2.05, 4.69) is 42.2 Å². The van der Waals surface area contributed by atoms with Crippen molar-refractivity contribution in [2.45, 2.75) is 57.5 Å². The van der Waals surface area contributed by atoms with Gasteiger partial charge in [-0.05, 0) is 44.2 Å². The Morgan fingerprint density at radius 1 is 1.24 bits per heavy atom. The molecule has 1 atom stereocenters. The average molecular weight is 344 g/mol. The maximum Gasteiger partial charge on any atom is 0.242 e. The maximum atomic E-state index is 13.0. The molecule has 4 heteroatoms. The first kappa shape index (κ1) is 18.4. The summed E-state index contributed by atoms with van der Waals surface area (Å²) in [6.07, 6.45) is 6.28. The Kier molecular flexibility index (Phi) is 6.13. The number of carbonyl (C=O) groups excluding carboxylic acids is 1. The first-order valence-electron chi connectivity index (χ1n) is 9.95. The molecule has 1 unspecified atom stereocenters.